The average molecular weight is 333 g/mol. The Kier molecular flexibility index (Phi) is 5.54. The number of rotatable bonds is 5. The molecular formula is C22H27N3. The third-order valence-electron chi connectivity index (χ3n) is 4.77. The van der Waals surface area contributed by atoms with Crippen LogP contribution in [-0.2, 0) is 0 Å². The third kappa shape index (κ3) is 3.76. The van der Waals surface area contributed by atoms with E-state index in [1.54, 1.807) is 0 Å². The maximum Gasteiger partial charge on any atom is 0.0668 e. The summed E-state index contributed by atoms with van der Waals surface area (Å²) < 4.78 is 0. The first-order chi connectivity index (χ1) is 12.2. The molecule has 2 aromatic carbocycles. The molecule has 0 bridgehead atoms. The number of benzodiazepines with no additional fused rings is 1. The fourth-order valence-corrected chi connectivity index (χ4v) is 3.34. The van der Waals surface area contributed by atoms with E-state index in [-0.39, 0.29) is 0 Å². The lowest BCUT2D eigenvalue weighted by Crippen LogP contribution is -2.22. The number of nitrogens with zero attached hydrogens (tertiary/aromatic N) is 3. The summed E-state index contributed by atoms with van der Waals surface area (Å²) in [7, 11) is 2.14. The largest absolute Gasteiger partial charge is 0.372 e. The molecule has 0 fully saturated rings. The van der Waals surface area contributed by atoms with E-state index in [9.17, 15) is 0 Å². The quantitative estimate of drug-likeness (QED) is 0.803. The molecule has 0 N–H and O–H groups in total. The van der Waals surface area contributed by atoms with Crippen molar-refractivity contribution in [3.05, 3.63) is 65.7 Å². The monoisotopic (exact) mass is 333 g/mol. The van der Waals surface area contributed by atoms with Crippen molar-refractivity contribution in [2.45, 2.75) is 13.8 Å². The van der Waals surface area contributed by atoms with Crippen LogP contribution in [-0.4, -0.2) is 38.9 Å². The number of hydrogen-bond acceptors (Lipinski definition) is 3. The molecular weight excluding hydrogens is 306 g/mol. The SMILES string of the molecule is CCN(CC)c1ccccc1/C=C/C1=NCCN(C)c2ccccc21. The summed E-state index contributed by atoms with van der Waals surface area (Å²) in [6, 6.07) is 17.1. The van der Waals surface area contributed by atoms with Crippen molar-refractivity contribution >= 4 is 23.2 Å². The zero-order chi connectivity index (χ0) is 17.6. The molecule has 130 valence electrons. The van der Waals surface area contributed by atoms with Crippen LogP contribution >= 0.6 is 0 Å². The van der Waals surface area contributed by atoms with Crippen LogP contribution < -0.4 is 9.80 Å². The van der Waals surface area contributed by atoms with Crippen LogP contribution in [0.4, 0.5) is 11.4 Å². The van der Waals surface area contributed by atoms with Crippen LogP contribution in [0.15, 0.2) is 59.6 Å². The van der Waals surface area contributed by atoms with Gasteiger partial charge in [-0.2, -0.15) is 0 Å². The van der Waals surface area contributed by atoms with Crippen LogP contribution in [0.1, 0.15) is 25.0 Å². The van der Waals surface area contributed by atoms with Gasteiger partial charge < -0.3 is 9.80 Å². The lowest BCUT2D eigenvalue weighted by Gasteiger charge is -2.23. The predicted molar refractivity (Wildman–Crippen MR) is 110 cm³/mol. The highest BCUT2D eigenvalue weighted by atomic mass is 15.1. The van der Waals surface area contributed by atoms with Crippen molar-refractivity contribution < 1.29 is 0 Å². The van der Waals surface area contributed by atoms with Crippen molar-refractivity contribution in [1.82, 2.24) is 0 Å². The molecule has 2 aromatic rings. The van der Waals surface area contributed by atoms with Crippen LogP contribution in [0, 0.1) is 0 Å². The number of allylic oxidation sites excluding steroid dienone is 1. The molecule has 0 spiro atoms. The van der Waals surface area contributed by atoms with Crippen molar-refractivity contribution in [2.24, 2.45) is 4.99 Å². The van der Waals surface area contributed by atoms with Gasteiger partial charge in [-0.3, -0.25) is 4.99 Å². The molecule has 25 heavy (non-hydrogen) atoms. The maximum atomic E-state index is 4.82. The molecule has 0 amide bonds. The van der Waals surface area contributed by atoms with E-state index in [2.05, 4.69) is 91.4 Å². The summed E-state index contributed by atoms with van der Waals surface area (Å²) in [5.74, 6) is 0. The van der Waals surface area contributed by atoms with Gasteiger partial charge in [0.15, 0.2) is 0 Å². The first kappa shape index (κ1) is 17.3. The number of benzene rings is 2. The molecule has 1 aliphatic heterocycles. The summed E-state index contributed by atoms with van der Waals surface area (Å²) in [4.78, 5) is 9.49. The molecule has 1 aliphatic rings. The van der Waals surface area contributed by atoms with Gasteiger partial charge in [-0.1, -0.05) is 42.5 Å². The lowest BCUT2D eigenvalue weighted by atomic mass is 10.0. The Morgan fingerprint density at radius 3 is 2.52 bits per heavy atom. The van der Waals surface area contributed by atoms with E-state index in [0.717, 1.165) is 31.9 Å². The standard InChI is InChI=1S/C22H27N3/c1-4-25(5-2)21-12-8-6-10-18(21)14-15-20-19-11-7-9-13-22(19)24(3)17-16-23-20/h6-15H,4-5,16-17H2,1-3H3/b15-14+. The Labute approximate surface area is 151 Å². The summed E-state index contributed by atoms with van der Waals surface area (Å²) in [5.41, 5.74) is 6.04. The van der Waals surface area contributed by atoms with Gasteiger partial charge in [-0.05, 0) is 37.6 Å². The Morgan fingerprint density at radius 2 is 1.72 bits per heavy atom. The molecule has 3 nitrogen and oxygen atoms in total. The molecule has 0 saturated heterocycles. The number of fused-ring (bicyclic) bond motifs is 1. The summed E-state index contributed by atoms with van der Waals surface area (Å²) in [6.07, 6.45) is 4.37. The fourth-order valence-electron chi connectivity index (χ4n) is 3.34. The fraction of sp³-hybridized carbons (Fsp3) is 0.318. The van der Waals surface area contributed by atoms with Crippen molar-refractivity contribution in [1.29, 1.82) is 0 Å². The van der Waals surface area contributed by atoms with Crippen LogP contribution in [0.2, 0.25) is 0 Å². The molecule has 3 rings (SSSR count). The van der Waals surface area contributed by atoms with Crippen LogP contribution in [0.5, 0.6) is 0 Å². The van der Waals surface area contributed by atoms with Crippen molar-refractivity contribution in [3.63, 3.8) is 0 Å². The Hall–Kier alpha value is -2.55. The molecule has 3 heteroatoms. The van der Waals surface area contributed by atoms with E-state index in [0.29, 0.717) is 0 Å². The maximum absolute atomic E-state index is 4.82. The number of para-hydroxylation sites is 2. The second-order valence-corrected chi connectivity index (χ2v) is 6.27. The highest BCUT2D eigenvalue weighted by molar-refractivity contribution is 6.14. The van der Waals surface area contributed by atoms with Gasteiger partial charge in [0.1, 0.15) is 0 Å². The average Bonchev–Trinajstić information content (AvgIpc) is 2.81. The van der Waals surface area contributed by atoms with E-state index >= 15 is 0 Å². The zero-order valence-corrected chi connectivity index (χ0v) is 15.4. The van der Waals surface area contributed by atoms with Gasteiger partial charge in [-0.15, -0.1) is 0 Å². The molecule has 0 aromatic heterocycles. The smallest absolute Gasteiger partial charge is 0.0668 e. The van der Waals surface area contributed by atoms with Gasteiger partial charge in [0, 0.05) is 43.6 Å². The molecule has 0 unspecified atom stereocenters. The summed E-state index contributed by atoms with van der Waals surface area (Å²) in [5, 5.41) is 0. The first-order valence-corrected chi connectivity index (χ1v) is 9.11. The molecule has 0 saturated carbocycles. The van der Waals surface area contributed by atoms with Crippen molar-refractivity contribution in [2.75, 3.05) is 43.0 Å². The van der Waals surface area contributed by atoms with E-state index < -0.39 is 0 Å². The van der Waals surface area contributed by atoms with E-state index in [1.807, 2.05) is 0 Å². The minimum atomic E-state index is 0.822. The van der Waals surface area contributed by atoms with Gasteiger partial charge in [0.25, 0.3) is 0 Å². The Balaban J connectivity index is 1.95. The van der Waals surface area contributed by atoms with Gasteiger partial charge in [0.2, 0.25) is 0 Å². The minimum Gasteiger partial charge on any atom is -0.372 e. The van der Waals surface area contributed by atoms with E-state index in [1.165, 1.54) is 22.5 Å². The highest BCUT2D eigenvalue weighted by Gasteiger charge is 2.14. The number of likely N-dealkylation sites (N-methyl/N-ethyl adjacent to an activating group) is 1. The molecule has 0 atom stereocenters. The van der Waals surface area contributed by atoms with Crippen LogP contribution in [0.3, 0.4) is 0 Å². The number of hydrogen-bond donors (Lipinski definition) is 0. The number of aliphatic imine (C=N–C) groups is 1. The Bertz CT molecular complexity index is 772. The van der Waals surface area contributed by atoms with Gasteiger partial charge in [0.05, 0.1) is 12.3 Å². The van der Waals surface area contributed by atoms with Gasteiger partial charge in [-0.25, -0.2) is 0 Å². The third-order valence-corrected chi connectivity index (χ3v) is 4.77. The highest BCUT2D eigenvalue weighted by Crippen LogP contribution is 2.25. The van der Waals surface area contributed by atoms with E-state index in [4.69, 9.17) is 4.99 Å². The second kappa shape index (κ2) is 8.02. The molecule has 0 aliphatic carbocycles. The van der Waals surface area contributed by atoms with Crippen molar-refractivity contribution in [3.8, 4) is 0 Å². The Morgan fingerprint density at radius 1 is 1.00 bits per heavy atom. The zero-order valence-electron chi connectivity index (χ0n) is 15.4. The van der Waals surface area contributed by atoms with Crippen LogP contribution in [0.25, 0.3) is 6.08 Å². The summed E-state index contributed by atoms with van der Waals surface area (Å²) in [6.45, 7) is 8.19. The number of anilines is 2. The predicted octanol–water partition coefficient (Wildman–Crippen LogP) is 4.49. The lowest BCUT2D eigenvalue weighted by molar-refractivity contribution is 0.865. The topological polar surface area (TPSA) is 18.8 Å². The second-order valence-electron chi connectivity index (χ2n) is 6.27. The normalized spacial score (nSPS) is 14.2. The minimum absolute atomic E-state index is 0.822. The summed E-state index contributed by atoms with van der Waals surface area (Å²) >= 11 is 0. The molecule has 1 heterocycles. The first-order valence-electron chi connectivity index (χ1n) is 9.11. The molecule has 0 radical (unpaired) electrons. The van der Waals surface area contributed by atoms with Gasteiger partial charge >= 0.3 is 0 Å².